The molecule has 2 fully saturated rings. The van der Waals surface area contributed by atoms with Crippen molar-refractivity contribution in [2.24, 2.45) is 5.92 Å². The van der Waals surface area contributed by atoms with Crippen LogP contribution in [-0.4, -0.2) is 33.0 Å². The maximum atomic E-state index is 6.49. The second-order valence-electron chi connectivity index (χ2n) is 11.3. The van der Waals surface area contributed by atoms with Crippen molar-refractivity contribution in [1.82, 2.24) is 4.98 Å². The molecule has 1 aromatic carbocycles. The highest BCUT2D eigenvalue weighted by atomic mass is 28.4. The number of oxazole rings is 1. The van der Waals surface area contributed by atoms with E-state index in [1.54, 1.807) is 0 Å². The molecule has 0 atom stereocenters. The van der Waals surface area contributed by atoms with Crippen molar-refractivity contribution in [2.45, 2.75) is 89.8 Å². The van der Waals surface area contributed by atoms with Crippen LogP contribution in [0.4, 0.5) is 11.4 Å². The fourth-order valence-corrected chi connectivity index (χ4v) is 5.76. The number of piperidine rings is 1. The summed E-state index contributed by atoms with van der Waals surface area (Å²) in [5, 5.41) is 0.269. The fraction of sp³-hybridized carbons (Fsp3) is 0.720. The quantitative estimate of drug-likeness (QED) is 0.411. The van der Waals surface area contributed by atoms with E-state index in [2.05, 4.69) is 44.8 Å². The Kier molecular flexibility index (Phi) is 6.41. The lowest BCUT2D eigenvalue weighted by molar-refractivity contribution is 0.205. The van der Waals surface area contributed by atoms with Crippen LogP contribution in [0.25, 0.3) is 11.1 Å². The molecule has 1 saturated carbocycles. The van der Waals surface area contributed by atoms with E-state index < -0.39 is 8.32 Å². The van der Waals surface area contributed by atoms with E-state index in [4.69, 9.17) is 19.6 Å². The topological polar surface area (TPSA) is 64.5 Å². The van der Waals surface area contributed by atoms with Crippen LogP contribution < -0.4 is 10.6 Å². The number of benzene rings is 1. The summed E-state index contributed by atoms with van der Waals surface area (Å²) in [5.74, 6) is 2.02. The molecule has 1 aliphatic heterocycles. The first-order chi connectivity index (χ1) is 14.6. The Labute approximate surface area is 188 Å². The lowest BCUT2D eigenvalue weighted by Crippen LogP contribution is -2.43. The zero-order valence-electron chi connectivity index (χ0n) is 20.2. The molecule has 0 spiro atoms. The molecule has 1 aromatic heterocycles. The van der Waals surface area contributed by atoms with Gasteiger partial charge in [-0.05, 0) is 55.8 Å². The summed E-state index contributed by atoms with van der Waals surface area (Å²) in [7, 11) is -1.67. The predicted molar refractivity (Wildman–Crippen MR) is 132 cm³/mol. The van der Waals surface area contributed by atoms with Gasteiger partial charge < -0.3 is 19.5 Å². The maximum Gasteiger partial charge on any atom is 0.198 e. The summed E-state index contributed by atoms with van der Waals surface area (Å²) in [6.45, 7) is 14.6. The molecule has 0 radical (unpaired) electrons. The number of hydrogen-bond donors (Lipinski definition) is 1. The molecule has 0 bridgehead atoms. The first-order valence-electron chi connectivity index (χ1n) is 12.2. The Bertz CT molecular complexity index is 888. The number of nitrogens with zero attached hydrogens (tertiary/aromatic N) is 2. The van der Waals surface area contributed by atoms with Gasteiger partial charge in [-0.15, -0.1) is 0 Å². The molecular weight excluding hydrogens is 402 g/mol. The SMILES string of the molecule is CC(C)(C)[Si](C)(C)OCC1CCN(c2cc3nc(C4CCCCC4)oc3cc2N)CC1. The van der Waals surface area contributed by atoms with E-state index in [-0.39, 0.29) is 5.04 Å². The molecule has 6 heteroatoms. The normalized spacial score (nSPS) is 20.0. The summed E-state index contributed by atoms with van der Waals surface area (Å²) in [5.41, 5.74) is 10.2. The fourth-order valence-electron chi connectivity index (χ4n) is 4.68. The Hall–Kier alpha value is -1.53. The highest BCUT2D eigenvalue weighted by molar-refractivity contribution is 6.74. The van der Waals surface area contributed by atoms with E-state index in [0.717, 1.165) is 60.9 Å². The van der Waals surface area contributed by atoms with E-state index in [1.807, 2.05) is 6.07 Å². The zero-order valence-corrected chi connectivity index (χ0v) is 21.2. The summed E-state index contributed by atoms with van der Waals surface area (Å²) >= 11 is 0. The molecule has 2 aliphatic rings. The highest BCUT2D eigenvalue weighted by Gasteiger charge is 2.37. The first kappa shape index (κ1) is 22.7. The van der Waals surface area contributed by atoms with Crippen molar-refractivity contribution >= 4 is 30.8 Å². The van der Waals surface area contributed by atoms with Gasteiger partial charge in [0.1, 0.15) is 5.52 Å². The van der Waals surface area contributed by atoms with Crippen LogP contribution in [0.15, 0.2) is 16.5 Å². The molecule has 2 aromatic rings. The van der Waals surface area contributed by atoms with E-state index >= 15 is 0 Å². The number of nitrogen functional groups attached to an aromatic ring is 1. The van der Waals surface area contributed by atoms with Crippen LogP contribution in [0.1, 0.15) is 77.5 Å². The van der Waals surface area contributed by atoms with Gasteiger partial charge >= 0.3 is 0 Å². The van der Waals surface area contributed by atoms with Crippen LogP contribution in [0.3, 0.4) is 0 Å². The third-order valence-electron chi connectivity index (χ3n) is 7.95. The minimum absolute atomic E-state index is 0.269. The standard InChI is InChI=1S/C25H41N3O2Si/c1-25(2,3)31(4,5)29-17-18-11-13-28(14-12-18)22-16-21-23(15-20(22)26)30-24(27-21)19-9-7-6-8-10-19/h15-16,18-19H,6-14,17,26H2,1-5H3. The number of nitrogens with two attached hydrogens (primary N) is 1. The van der Waals surface area contributed by atoms with Crippen molar-refractivity contribution in [3.8, 4) is 0 Å². The van der Waals surface area contributed by atoms with Crippen LogP contribution in [0.5, 0.6) is 0 Å². The number of fused-ring (bicyclic) bond motifs is 1. The molecule has 5 nitrogen and oxygen atoms in total. The second-order valence-corrected chi connectivity index (χ2v) is 16.1. The number of aromatic nitrogens is 1. The van der Waals surface area contributed by atoms with E-state index in [1.165, 1.54) is 32.1 Å². The third kappa shape index (κ3) is 4.95. The summed E-state index contributed by atoms with van der Waals surface area (Å²) in [6.07, 6.45) is 8.59. The van der Waals surface area contributed by atoms with Crippen molar-refractivity contribution in [2.75, 3.05) is 30.3 Å². The monoisotopic (exact) mass is 443 g/mol. The van der Waals surface area contributed by atoms with Gasteiger partial charge in [0, 0.05) is 31.7 Å². The van der Waals surface area contributed by atoms with Crippen LogP contribution in [0, 0.1) is 5.92 Å². The van der Waals surface area contributed by atoms with Gasteiger partial charge in [-0.25, -0.2) is 4.98 Å². The lowest BCUT2D eigenvalue weighted by atomic mass is 9.89. The molecule has 2 heterocycles. The van der Waals surface area contributed by atoms with E-state index in [0.29, 0.717) is 11.8 Å². The number of hydrogen-bond acceptors (Lipinski definition) is 5. The molecule has 4 rings (SSSR count). The smallest absolute Gasteiger partial charge is 0.198 e. The number of anilines is 2. The Morgan fingerprint density at radius 1 is 1.10 bits per heavy atom. The Morgan fingerprint density at radius 2 is 1.77 bits per heavy atom. The summed E-state index contributed by atoms with van der Waals surface area (Å²) in [4.78, 5) is 7.29. The maximum absolute atomic E-state index is 6.49. The largest absolute Gasteiger partial charge is 0.440 e. The van der Waals surface area contributed by atoms with Gasteiger partial charge in [0.15, 0.2) is 19.8 Å². The van der Waals surface area contributed by atoms with Crippen LogP contribution >= 0.6 is 0 Å². The van der Waals surface area contributed by atoms with Gasteiger partial charge in [-0.3, -0.25) is 0 Å². The van der Waals surface area contributed by atoms with Crippen molar-refractivity contribution < 1.29 is 8.84 Å². The van der Waals surface area contributed by atoms with Gasteiger partial charge in [0.05, 0.1) is 11.4 Å². The summed E-state index contributed by atoms with van der Waals surface area (Å²) in [6, 6.07) is 4.13. The molecule has 0 unspecified atom stereocenters. The molecule has 2 N–H and O–H groups in total. The van der Waals surface area contributed by atoms with E-state index in [9.17, 15) is 0 Å². The van der Waals surface area contributed by atoms with Gasteiger partial charge in [-0.2, -0.15) is 0 Å². The Morgan fingerprint density at radius 3 is 2.42 bits per heavy atom. The van der Waals surface area contributed by atoms with Crippen LogP contribution in [-0.2, 0) is 4.43 Å². The first-order valence-corrected chi connectivity index (χ1v) is 15.1. The molecule has 172 valence electrons. The van der Waals surface area contributed by atoms with Crippen molar-refractivity contribution in [1.29, 1.82) is 0 Å². The average Bonchev–Trinajstić information content (AvgIpc) is 3.15. The minimum Gasteiger partial charge on any atom is -0.440 e. The average molecular weight is 444 g/mol. The van der Waals surface area contributed by atoms with Gasteiger partial charge in [0.2, 0.25) is 0 Å². The second kappa shape index (κ2) is 8.78. The molecule has 1 aliphatic carbocycles. The summed E-state index contributed by atoms with van der Waals surface area (Å²) < 4.78 is 12.6. The predicted octanol–water partition coefficient (Wildman–Crippen LogP) is 6.70. The molecule has 0 amide bonds. The van der Waals surface area contributed by atoms with Gasteiger partial charge in [0.25, 0.3) is 0 Å². The van der Waals surface area contributed by atoms with Crippen LogP contribution in [0.2, 0.25) is 18.1 Å². The molecular formula is C25H41N3O2Si. The minimum atomic E-state index is -1.67. The van der Waals surface area contributed by atoms with Gasteiger partial charge in [-0.1, -0.05) is 40.0 Å². The molecule has 31 heavy (non-hydrogen) atoms. The number of rotatable bonds is 5. The highest BCUT2D eigenvalue weighted by Crippen LogP contribution is 2.39. The molecule has 1 saturated heterocycles. The third-order valence-corrected chi connectivity index (χ3v) is 12.4. The lowest BCUT2D eigenvalue weighted by Gasteiger charge is -2.39. The zero-order chi connectivity index (χ0) is 22.2. The Balaban J connectivity index is 1.40. The van der Waals surface area contributed by atoms with Crippen molar-refractivity contribution in [3.63, 3.8) is 0 Å². The van der Waals surface area contributed by atoms with Crippen molar-refractivity contribution in [3.05, 3.63) is 18.0 Å².